The number of benzene rings is 1. The third kappa shape index (κ3) is 4.44. The highest BCUT2D eigenvalue weighted by molar-refractivity contribution is 7.98. The molecule has 1 rings (SSSR count). The van der Waals surface area contributed by atoms with Gasteiger partial charge in [-0.05, 0) is 30.4 Å². The fourth-order valence-electron chi connectivity index (χ4n) is 1.21. The maximum atomic E-state index is 9.54. The minimum absolute atomic E-state index is 0.323. The fraction of sp³-hybridized carbons (Fsp3) is 0.455. The van der Waals surface area contributed by atoms with Gasteiger partial charge in [-0.1, -0.05) is 0 Å². The summed E-state index contributed by atoms with van der Waals surface area (Å²) in [6.07, 6.45) is 1.03. The van der Waals surface area contributed by atoms with E-state index in [1.54, 1.807) is 31.0 Å². The number of methoxy groups -OCH3 is 1. The Hall–Kier alpha value is -0.870. The molecule has 0 aromatic heterocycles. The highest BCUT2D eigenvalue weighted by atomic mass is 32.2. The van der Waals surface area contributed by atoms with Crippen molar-refractivity contribution in [2.24, 2.45) is 0 Å². The molecule has 3 N–H and O–H groups in total. The van der Waals surface area contributed by atoms with E-state index in [0.717, 1.165) is 30.1 Å². The smallest absolute Gasteiger partial charge is 0.119 e. The van der Waals surface area contributed by atoms with Crippen LogP contribution in [0.1, 0.15) is 12.0 Å². The number of aromatic hydroxyl groups is 1. The molecule has 4 heteroatoms. The van der Waals surface area contributed by atoms with Crippen molar-refractivity contribution in [2.75, 3.05) is 25.2 Å². The number of phenolic OH excluding ortho intramolecular Hbond substituents is 1. The molecule has 0 radical (unpaired) electrons. The highest BCUT2D eigenvalue weighted by Crippen LogP contribution is 2.24. The Balaban J connectivity index is 2.33. The van der Waals surface area contributed by atoms with Crippen molar-refractivity contribution in [3.8, 4) is 5.75 Å². The molecule has 0 saturated carbocycles. The van der Waals surface area contributed by atoms with E-state index >= 15 is 0 Å². The van der Waals surface area contributed by atoms with Crippen LogP contribution in [-0.2, 0) is 10.5 Å². The number of phenols is 1. The average Bonchev–Trinajstić information content (AvgIpc) is 2.23. The van der Waals surface area contributed by atoms with Gasteiger partial charge in [0, 0.05) is 30.7 Å². The lowest BCUT2D eigenvalue weighted by molar-refractivity contribution is 0.200. The first-order valence-electron chi connectivity index (χ1n) is 4.88. The molecule has 0 saturated heterocycles. The summed E-state index contributed by atoms with van der Waals surface area (Å²) in [6, 6.07) is 5.16. The van der Waals surface area contributed by atoms with E-state index in [1.807, 2.05) is 6.07 Å². The summed E-state index contributed by atoms with van der Waals surface area (Å²) in [5, 5.41) is 9.54. The fourth-order valence-corrected chi connectivity index (χ4v) is 2.13. The number of ether oxygens (including phenoxy) is 1. The summed E-state index contributed by atoms with van der Waals surface area (Å²) in [5.74, 6) is 2.14. The van der Waals surface area contributed by atoms with E-state index in [2.05, 4.69) is 0 Å². The van der Waals surface area contributed by atoms with Gasteiger partial charge in [0.2, 0.25) is 0 Å². The molecule has 3 nitrogen and oxygen atoms in total. The number of nitrogens with two attached hydrogens (primary N) is 1. The van der Waals surface area contributed by atoms with Gasteiger partial charge < -0.3 is 15.6 Å². The topological polar surface area (TPSA) is 55.5 Å². The Kier molecular flexibility index (Phi) is 5.36. The van der Waals surface area contributed by atoms with Crippen molar-refractivity contribution >= 4 is 17.4 Å². The zero-order valence-corrected chi connectivity index (χ0v) is 9.72. The Morgan fingerprint density at radius 1 is 1.47 bits per heavy atom. The molecule has 0 unspecified atom stereocenters. The van der Waals surface area contributed by atoms with Crippen LogP contribution < -0.4 is 5.73 Å². The first-order valence-corrected chi connectivity index (χ1v) is 6.03. The molecule has 0 aliphatic rings. The van der Waals surface area contributed by atoms with Crippen molar-refractivity contribution < 1.29 is 9.84 Å². The van der Waals surface area contributed by atoms with Crippen LogP contribution in [0, 0.1) is 0 Å². The zero-order chi connectivity index (χ0) is 11.1. The molecule has 0 fully saturated rings. The molecule has 0 heterocycles. The van der Waals surface area contributed by atoms with Crippen molar-refractivity contribution in [2.45, 2.75) is 12.2 Å². The van der Waals surface area contributed by atoms with Gasteiger partial charge in [-0.3, -0.25) is 0 Å². The molecule has 0 aliphatic heterocycles. The summed E-state index contributed by atoms with van der Waals surface area (Å²) in [5.41, 5.74) is 7.23. The van der Waals surface area contributed by atoms with Crippen molar-refractivity contribution in [3.63, 3.8) is 0 Å². The first kappa shape index (κ1) is 12.2. The predicted octanol–water partition coefficient (Wildman–Crippen LogP) is 2.24. The molecular formula is C11H17NO2S. The number of hydrogen-bond donors (Lipinski definition) is 2. The van der Waals surface area contributed by atoms with Gasteiger partial charge >= 0.3 is 0 Å². The monoisotopic (exact) mass is 227 g/mol. The standard InChI is InChI=1S/C11H17NO2S/c1-14-5-2-6-15-8-9-7-10(12)3-4-11(9)13/h3-4,7,13H,2,5-6,8,12H2,1H3. The van der Waals surface area contributed by atoms with Crippen LogP contribution in [0.4, 0.5) is 5.69 Å². The van der Waals surface area contributed by atoms with Gasteiger partial charge in [0.15, 0.2) is 0 Å². The van der Waals surface area contributed by atoms with Crippen LogP contribution in [0.3, 0.4) is 0 Å². The molecule has 0 bridgehead atoms. The van der Waals surface area contributed by atoms with Gasteiger partial charge in [-0.25, -0.2) is 0 Å². The molecule has 0 amide bonds. The maximum Gasteiger partial charge on any atom is 0.119 e. The number of rotatable bonds is 6. The number of anilines is 1. The van der Waals surface area contributed by atoms with Crippen molar-refractivity contribution in [1.82, 2.24) is 0 Å². The van der Waals surface area contributed by atoms with Crippen LogP contribution in [0.25, 0.3) is 0 Å². The lowest BCUT2D eigenvalue weighted by atomic mass is 10.2. The van der Waals surface area contributed by atoms with E-state index in [1.165, 1.54) is 0 Å². The Labute approximate surface area is 94.6 Å². The van der Waals surface area contributed by atoms with Crippen LogP contribution in [0.2, 0.25) is 0 Å². The summed E-state index contributed by atoms with van der Waals surface area (Å²) in [7, 11) is 1.70. The summed E-state index contributed by atoms with van der Waals surface area (Å²) >= 11 is 1.77. The van der Waals surface area contributed by atoms with E-state index in [0.29, 0.717) is 11.4 Å². The third-order valence-corrected chi connectivity index (χ3v) is 3.09. The average molecular weight is 227 g/mol. The second-order valence-corrected chi connectivity index (χ2v) is 4.39. The lowest BCUT2D eigenvalue weighted by Crippen LogP contribution is -1.92. The van der Waals surface area contributed by atoms with E-state index in [-0.39, 0.29) is 0 Å². The maximum absolute atomic E-state index is 9.54. The normalized spacial score (nSPS) is 10.5. The van der Waals surface area contributed by atoms with Gasteiger partial charge in [0.25, 0.3) is 0 Å². The van der Waals surface area contributed by atoms with Crippen LogP contribution in [0.5, 0.6) is 5.75 Å². The second kappa shape index (κ2) is 6.58. The Morgan fingerprint density at radius 3 is 3.00 bits per heavy atom. The summed E-state index contributed by atoms with van der Waals surface area (Å²) in [6.45, 7) is 0.788. The molecule has 0 atom stereocenters. The van der Waals surface area contributed by atoms with Crippen LogP contribution >= 0.6 is 11.8 Å². The molecule has 84 valence electrons. The quantitative estimate of drug-likeness (QED) is 0.444. The van der Waals surface area contributed by atoms with Crippen molar-refractivity contribution in [3.05, 3.63) is 23.8 Å². The molecule has 0 spiro atoms. The SMILES string of the molecule is COCCCSCc1cc(N)ccc1O. The summed E-state index contributed by atoms with van der Waals surface area (Å²) < 4.78 is 4.95. The minimum atomic E-state index is 0.323. The van der Waals surface area contributed by atoms with Crippen LogP contribution in [-0.4, -0.2) is 24.6 Å². The van der Waals surface area contributed by atoms with Crippen LogP contribution in [0.15, 0.2) is 18.2 Å². The van der Waals surface area contributed by atoms with Gasteiger partial charge in [-0.15, -0.1) is 0 Å². The lowest BCUT2D eigenvalue weighted by Gasteiger charge is -2.05. The van der Waals surface area contributed by atoms with Crippen molar-refractivity contribution in [1.29, 1.82) is 0 Å². The van der Waals surface area contributed by atoms with E-state index < -0.39 is 0 Å². The molecule has 1 aromatic rings. The molecule has 1 aromatic carbocycles. The zero-order valence-electron chi connectivity index (χ0n) is 8.90. The van der Waals surface area contributed by atoms with Gasteiger partial charge in [0.1, 0.15) is 5.75 Å². The van der Waals surface area contributed by atoms with E-state index in [9.17, 15) is 5.11 Å². The van der Waals surface area contributed by atoms with Gasteiger partial charge in [-0.2, -0.15) is 11.8 Å². The number of hydrogen-bond acceptors (Lipinski definition) is 4. The van der Waals surface area contributed by atoms with E-state index in [4.69, 9.17) is 10.5 Å². The predicted molar refractivity (Wildman–Crippen MR) is 65.2 cm³/mol. The minimum Gasteiger partial charge on any atom is -0.508 e. The summed E-state index contributed by atoms with van der Waals surface area (Å²) in [4.78, 5) is 0. The Bertz CT molecular complexity index is 305. The molecule has 15 heavy (non-hydrogen) atoms. The largest absolute Gasteiger partial charge is 0.508 e. The second-order valence-electron chi connectivity index (χ2n) is 3.29. The van der Waals surface area contributed by atoms with Gasteiger partial charge in [0.05, 0.1) is 0 Å². The Morgan fingerprint density at radius 2 is 2.27 bits per heavy atom. The first-order chi connectivity index (χ1) is 7.24. The molecule has 0 aliphatic carbocycles. The number of thioether (sulfide) groups is 1. The third-order valence-electron chi connectivity index (χ3n) is 2.00. The number of nitrogen functional groups attached to an aromatic ring is 1. The molecular weight excluding hydrogens is 210 g/mol. The highest BCUT2D eigenvalue weighted by Gasteiger charge is 2.01.